The molecule has 0 unspecified atom stereocenters. The number of nitrogen functional groups attached to an aromatic ring is 1. The largest absolute Gasteiger partial charge is 0.397 e. The molecule has 2 rings (SSSR count). The first-order valence-electron chi connectivity index (χ1n) is 5.15. The summed E-state index contributed by atoms with van der Waals surface area (Å²) in [7, 11) is 0. The summed E-state index contributed by atoms with van der Waals surface area (Å²) in [5.41, 5.74) is 8.51. The van der Waals surface area contributed by atoms with Crippen molar-refractivity contribution in [3.05, 3.63) is 41.3 Å². The Bertz CT molecular complexity index is 568. The van der Waals surface area contributed by atoms with Crippen molar-refractivity contribution in [2.45, 2.75) is 13.5 Å². The lowest BCUT2D eigenvalue weighted by Crippen LogP contribution is -2.02. The van der Waals surface area contributed by atoms with E-state index in [2.05, 4.69) is 16.5 Å². The highest BCUT2D eigenvalue weighted by atomic mass is 16.5. The smallest absolute Gasteiger partial charge is 0.156 e. The fourth-order valence-electron chi connectivity index (χ4n) is 1.46. The molecule has 17 heavy (non-hydrogen) atoms. The minimum absolute atomic E-state index is 0.486. The van der Waals surface area contributed by atoms with E-state index in [4.69, 9.17) is 15.5 Å². The molecule has 0 aliphatic rings. The van der Waals surface area contributed by atoms with Gasteiger partial charge in [0.15, 0.2) is 5.76 Å². The Morgan fingerprint density at radius 3 is 2.94 bits per heavy atom. The third-order valence-corrected chi connectivity index (χ3v) is 2.31. The van der Waals surface area contributed by atoms with Gasteiger partial charge in [0.05, 0.1) is 35.2 Å². The van der Waals surface area contributed by atoms with Crippen molar-refractivity contribution in [3.63, 3.8) is 0 Å². The number of benzene rings is 1. The molecule has 0 aliphatic carbocycles. The summed E-state index contributed by atoms with van der Waals surface area (Å²) in [6.45, 7) is 2.34. The van der Waals surface area contributed by atoms with Crippen LogP contribution >= 0.6 is 0 Å². The molecule has 0 fully saturated rings. The summed E-state index contributed by atoms with van der Waals surface area (Å²) in [5, 5.41) is 15.7. The Morgan fingerprint density at radius 2 is 2.29 bits per heavy atom. The highest BCUT2D eigenvalue weighted by Gasteiger charge is 2.03. The quantitative estimate of drug-likeness (QED) is 0.785. The van der Waals surface area contributed by atoms with E-state index in [1.54, 1.807) is 18.2 Å². The fourth-order valence-corrected chi connectivity index (χ4v) is 1.46. The van der Waals surface area contributed by atoms with E-state index in [0.717, 1.165) is 17.1 Å². The lowest BCUT2D eigenvalue weighted by Gasteiger charge is -2.07. The SMILES string of the molecule is Cc1cc(CNc2cc(C#N)ccc2N)on1. The zero-order chi connectivity index (χ0) is 12.3. The van der Waals surface area contributed by atoms with Crippen LogP contribution in [0.25, 0.3) is 0 Å². The molecule has 0 bridgehead atoms. The maximum absolute atomic E-state index is 8.79. The summed E-state index contributed by atoms with van der Waals surface area (Å²) in [5.74, 6) is 0.726. The van der Waals surface area contributed by atoms with Crippen LogP contribution in [0.3, 0.4) is 0 Å². The van der Waals surface area contributed by atoms with Crippen LogP contribution in [0.1, 0.15) is 17.0 Å². The van der Waals surface area contributed by atoms with E-state index in [1.165, 1.54) is 0 Å². The van der Waals surface area contributed by atoms with Crippen LogP contribution in [-0.2, 0) is 6.54 Å². The molecule has 0 radical (unpaired) electrons. The molecule has 5 heteroatoms. The third kappa shape index (κ3) is 2.55. The van der Waals surface area contributed by atoms with Gasteiger partial charge in [-0.3, -0.25) is 0 Å². The Kier molecular flexibility index (Phi) is 2.97. The van der Waals surface area contributed by atoms with Crippen LogP contribution in [0.15, 0.2) is 28.8 Å². The predicted octanol–water partition coefficient (Wildman–Crippen LogP) is 2.05. The molecule has 0 spiro atoms. The summed E-state index contributed by atoms with van der Waals surface area (Å²) in [4.78, 5) is 0. The van der Waals surface area contributed by atoms with Gasteiger partial charge in [0, 0.05) is 6.07 Å². The van der Waals surface area contributed by atoms with Gasteiger partial charge < -0.3 is 15.6 Å². The first-order chi connectivity index (χ1) is 8.19. The van der Waals surface area contributed by atoms with Crippen molar-refractivity contribution in [1.29, 1.82) is 5.26 Å². The van der Waals surface area contributed by atoms with Gasteiger partial charge in [-0.05, 0) is 25.1 Å². The molecule has 2 aromatic rings. The molecule has 5 nitrogen and oxygen atoms in total. The molecule has 0 aliphatic heterocycles. The molecule has 0 saturated carbocycles. The highest BCUT2D eigenvalue weighted by molar-refractivity contribution is 5.68. The molecule has 3 N–H and O–H groups in total. The molecule has 1 aromatic heterocycles. The number of nitrogens with zero attached hydrogens (tertiary/aromatic N) is 2. The summed E-state index contributed by atoms with van der Waals surface area (Å²) in [6.07, 6.45) is 0. The maximum atomic E-state index is 8.79. The van der Waals surface area contributed by atoms with Crippen LogP contribution in [0.5, 0.6) is 0 Å². The van der Waals surface area contributed by atoms with Gasteiger partial charge in [-0.2, -0.15) is 5.26 Å². The van der Waals surface area contributed by atoms with Gasteiger partial charge in [0.1, 0.15) is 0 Å². The molecular weight excluding hydrogens is 216 g/mol. The van der Waals surface area contributed by atoms with Crippen LogP contribution in [0.2, 0.25) is 0 Å². The minimum atomic E-state index is 0.486. The van der Waals surface area contributed by atoms with Crippen LogP contribution in [-0.4, -0.2) is 5.16 Å². The standard InChI is InChI=1S/C12H12N4O/c1-8-4-10(17-16-8)7-15-12-5-9(6-13)2-3-11(12)14/h2-5,15H,7,14H2,1H3. The molecular formula is C12H12N4O. The second-order valence-corrected chi connectivity index (χ2v) is 3.70. The second-order valence-electron chi connectivity index (χ2n) is 3.70. The number of hydrogen-bond acceptors (Lipinski definition) is 5. The van der Waals surface area contributed by atoms with E-state index >= 15 is 0 Å². The molecule has 0 atom stereocenters. The lowest BCUT2D eigenvalue weighted by atomic mass is 10.2. The topological polar surface area (TPSA) is 87.9 Å². The average molecular weight is 228 g/mol. The monoisotopic (exact) mass is 228 g/mol. The zero-order valence-corrected chi connectivity index (χ0v) is 9.40. The van der Waals surface area contributed by atoms with Gasteiger partial charge in [-0.1, -0.05) is 5.16 Å². The Balaban J connectivity index is 2.11. The Labute approximate surface area is 98.8 Å². The van der Waals surface area contributed by atoms with Crippen LogP contribution < -0.4 is 11.1 Å². The van der Waals surface area contributed by atoms with Crippen molar-refractivity contribution in [2.75, 3.05) is 11.1 Å². The van der Waals surface area contributed by atoms with E-state index in [0.29, 0.717) is 17.8 Å². The van der Waals surface area contributed by atoms with Gasteiger partial charge in [-0.15, -0.1) is 0 Å². The van der Waals surface area contributed by atoms with E-state index < -0.39 is 0 Å². The van der Waals surface area contributed by atoms with Gasteiger partial charge >= 0.3 is 0 Å². The number of nitriles is 1. The normalized spacial score (nSPS) is 9.88. The Morgan fingerprint density at radius 1 is 1.47 bits per heavy atom. The first kappa shape index (κ1) is 11.0. The van der Waals surface area contributed by atoms with Gasteiger partial charge in [0.25, 0.3) is 0 Å². The summed E-state index contributed by atoms with van der Waals surface area (Å²) >= 11 is 0. The molecule has 1 heterocycles. The van der Waals surface area contributed by atoms with Crippen molar-refractivity contribution in [3.8, 4) is 6.07 Å². The van der Waals surface area contributed by atoms with Crippen molar-refractivity contribution in [1.82, 2.24) is 5.16 Å². The number of rotatable bonds is 3. The number of aryl methyl sites for hydroxylation is 1. The third-order valence-electron chi connectivity index (χ3n) is 2.31. The number of hydrogen-bond donors (Lipinski definition) is 2. The predicted molar refractivity (Wildman–Crippen MR) is 64.1 cm³/mol. The van der Waals surface area contributed by atoms with E-state index in [9.17, 15) is 0 Å². The fraction of sp³-hybridized carbons (Fsp3) is 0.167. The molecule has 86 valence electrons. The van der Waals surface area contributed by atoms with Crippen molar-refractivity contribution < 1.29 is 4.52 Å². The zero-order valence-electron chi connectivity index (χ0n) is 9.40. The number of aromatic nitrogens is 1. The maximum Gasteiger partial charge on any atom is 0.156 e. The van der Waals surface area contributed by atoms with E-state index in [1.807, 2.05) is 13.0 Å². The number of nitrogens with one attached hydrogen (secondary N) is 1. The minimum Gasteiger partial charge on any atom is -0.397 e. The summed E-state index contributed by atoms with van der Waals surface area (Å²) in [6, 6.07) is 9.00. The lowest BCUT2D eigenvalue weighted by molar-refractivity contribution is 0.384. The number of anilines is 2. The van der Waals surface area contributed by atoms with Gasteiger partial charge in [0.2, 0.25) is 0 Å². The number of nitrogens with two attached hydrogens (primary N) is 1. The Hall–Kier alpha value is -2.48. The average Bonchev–Trinajstić information content (AvgIpc) is 2.74. The van der Waals surface area contributed by atoms with Gasteiger partial charge in [-0.25, -0.2) is 0 Å². The molecule has 0 amide bonds. The first-order valence-corrected chi connectivity index (χ1v) is 5.15. The molecule has 1 aromatic carbocycles. The molecule has 0 saturated heterocycles. The van der Waals surface area contributed by atoms with Crippen molar-refractivity contribution in [2.24, 2.45) is 0 Å². The second kappa shape index (κ2) is 4.58. The summed E-state index contributed by atoms with van der Waals surface area (Å²) < 4.78 is 5.06. The van der Waals surface area contributed by atoms with Crippen LogP contribution in [0, 0.1) is 18.3 Å². The highest BCUT2D eigenvalue weighted by Crippen LogP contribution is 2.20. The van der Waals surface area contributed by atoms with E-state index in [-0.39, 0.29) is 0 Å². The van der Waals surface area contributed by atoms with Crippen LogP contribution in [0.4, 0.5) is 11.4 Å². The van der Waals surface area contributed by atoms with Crippen molar-refractivity contribution >= 4 is 11.4 Å².